The van der Waals surface area contributed by atoms with Crippen molar-refractivity contribution in [1.82, 2.24) is 8.94 Å². The molecule has 162 valence electrons. The van der Waals surface area contributed by atoms with Gasteiger partial charge in [-0.15, -0.1) is 0 Å². The second kappa shape index (κ2) is 9.56. The van der Waals surface area contributed by atoms with E-state index in [2.05, 4.69) is 44.8 Å². The second-order valence-electron chi connectivity index (χ2n) is 8.81. The number of pyridine rings is 1. The first-order valence-corrected chi connectivity index (χ1v) is 11.4. The van der Waals surface area contributed by atoms with E-state index in [0.717, 1.165) is 26.6 Å². The number of rotatable bonds is 5. The first kappa shape index (κ1) is 22.9. The summed E-state index contributed by atoms with van der Waals surface area (Å²) in [6, 6.07) is 3.39. The Hall–Kier alpha value is -2.79. The van der Waals surface area contributed by atoms with Crippen molar-refractivity contribution in [1.29, 1.82) is 0 Å². The SMILES string of the molecule is CC1=C(/C=C/C(C)=C/C=C/C(C)=C/C(=O)n2sc3ncccc3c2=O)C(C)(C)CCC1. The van der Waals surface area contributed by atoms with E-state index in [1.165, 1.54) is 36.5 Å². The molecule has 4 nitrogen and oxygen atoms in total. The van der Waals surface area contributed by atoms with Gasteiger partial charge in [-0.05, 0) is 80.3 Å². The van der Waals surface area contributed by atoms with Gasteiger partial charge in [0, 0.05) is 12.3 Å². The van der Waals surface area contributed by atoms with Gasteiger partial charge in [0.1, 0.15) is 4.83 Å². The van der Waals surface area contributed by atoms with E-state index in [4.69, 9.17) is 0 Å². The molecule has 0 N–H and O–H groups in total. The summed E-state index contributed by atoms with van der Waals surface area (Å²) < 4.78 is 1.15. The average Bonchev–Trinajstić information content (AvgIpc) is 3.04. The quantitative estimate of drug-likeness (QED) is 0.392. The zero-order chi connectivity index (χ0) is 22.6. The van der Waals surface area contributed by atoms with Crippen LogP contribution in [0.2, 0.25) is 0 Å². The Balaban J connectivity index is 1.70. The summed E-state index contributed by atoms with van der Waals surface area (Å²) in [6.45, 7) is 10.8. The zero-order valence-corrected chi connectivity index (χ0v) is 19.8. The third-order valence-electron chi connectivity index (χ3n) is 5.69. The van der Waals surface area contributed by atoms with Crippen molar-refractivity contribution >= 4 is 27.7 Å². The monoisotopic (exact) mass is 434 g/mol. The maximum absolute atomic E-state index is 12.5. The largest absolute Gasteiger partial charge is 0.277 e. The summed E-state index contributed by atoms with van der Waals surface area (Å²) >= 11 is 1.07. The molecular formula is C26H30N2O2S. The minimum absolute atomic E-state index is 0.231. The molecule has 1 aliphatic rings. The molecule has 0 saturated heterocycles. The third kappa shape index (κ3) is 5.47. The second-order valence-corrected chi connectivity index (χ2v) is 9.74. The molecule has 31 heavy (non-hydrogen) atoms. The third-order valence-corrected chi connectivity index (χ3v) is 6.72. The van der Waals surface area contributed by atoms with Crippen LogP contribution in [0, 0.1) is 5.41 Å². The lowest BCUT2D eigenvalue weighted by atomic mass is 9.72. The smallest absolute Gasteiger partial charge is 0.268 e. The predicted octanol–water partition coefficient (Wildman–Crippen LogP) is 6.63. The summed E-state index contributed by atoms with van der Waals surface area (Å²) in [5.41, 5.74) is 4.77. The van der Waals surface area contributed by atoms with Crippen LogP contribution in [0.15, 0.2) is 81.9 Å². The van der Waals surface area contributed by atoms with Crippen molar-refractivity contribution in [2.45, 2.75) is 53.9 Å². The maximum Gasteiger partial charge on any atom is 0.277 e. The van der Waals surface area contributed by atoms with Crippen molar-refractivity contribution < 1.29 is 4.79 Å². The van der Waals surface area contributed by atoms with Crippen LogP contribution < -0.4 is 5.56 Å². The Morgan fingerprint density at radius 1 is 1.23 bits per heavy atom. The first-order chi connectivity index (χ1) is 14.7. The molecule has 2 aromatic rings. The summed E-state index contributed by atoms with van der Waals surface area (Å²) in [6.07, 6.45) is 17.0. The average molecular weight is 435 g/mol. The predicted molar refractivity (Wildman–Crippen MR) is 131 cm³/mol. The van der Waals surface area contributed by atoms with Crippen LogP contribution in [0.5, 0.6) is 0 Å². The van der Waals surface area contributed by atoms with Gasteiger partial charge in [-0.1, -0.05) is 55.4 Å². The Morgan fingerprint density at radius 2 is 2.00 bits per heavy atom. The molecule has 0 bridgehead atoms. The van der Waals surface area contributed by atoms with Gasteiger partial charge in [-0.3, -0.25) is 9.59 Å². The number of hydrogen-bond donors (Lipinski definition) is 0. The summed E-state index contributed by atoms with van der Waals surface area (Å²) in [7, 11) is 0. The van der Waals surface area contributed by atoms with Crippen molar-refractivity contribution in [2.75, 3.05) is 0 Å². The van der Waals surface area contributed by atoms with Crippen LogP contribution in [-0.2, 0) is 0 Å². The highest BCUT2D eigenvalue weighted by molar-refractivity contribution is 7.14. The van der Waals surface area contributed by atoms with Crippen LogP contribution in [0.1, 0.15) is 58.7 Å². The zero-order valence-electron chi connectivity index (χ0n) is 18.9. The van der Waals surface area contributed by atoms with Crippen LogP contribution in [0.4, 0.5) is 0 Å². The van der Waals surface area contributed by atoms with Crippen molar-refractivity contribution in [2.24, 2.45) is 5.41 Å². The lowest BCUT2D eigenvalue weighted by Gasteiger charge is -2.32. The molecule has 0 saturated carbocycles. The van der Waals surface area contributed by atoms with E-state index in [-0.39, 0.29) is 16.9 Å². The fourth-order valence-electron chi connectivity index (χ4n) is 3.94. The number of carbonyl (C=O) groups excluding carboxylic acids is 1. The fourth-order valence-corrected chi connectivity index (χ4v) is 4.80. The summed E-state index contributed by atoms with van der Waals surface area (Å²) in [5, 5.41) is 0.472. The number of hydrogen-bond acceptors (Lipinski definition) is 4. The molecule has 5 heteroatoms. The molecule has 2 aromatic heterocycles. The van der Waals surface area contributed by atoms with Crippen molar-refractivity contribution in [3.05, 3.63) is 87.4 Å². The maximum atomic E-state index is 12.5. The van der Waals surface area contributed by atoms with Gasteiger partial charge in [0.2, 0.25) is 0 Å². The summed E-state index contributed by atoms with van der Waals surface area (Å²) in [4.78, 5) is 29.6. The molecule has 0 unspecified atom stereocenters. The van der Waals surface area contributed by atoms with E-state index in [0.29, 0.717) is 10.2 Å². The molecule has 2 heterocycles. The van der Waals surface area contributed by atoms with Gasteiger partial charge in [0.15, 0.2) is 0 Å². The van der Waals surface area contributed by atoms with Gasteiger partial charge < -0.3 is 0 Å². The lowest BCUT2D eigenvalue weighted by Crippen LogP contribution is -2.19. The number of allylic oxidation sites excluding steroid dienone is 10. The van der Waals surface area contributed by atoms with Gasteiger partial charge in [-0.25, -0.2) is 4.98 Å². The van der Waals surface area contributed by atoms with Crippen LogP contribution in [-0.4, -0.2) is 14.8 Å². The summed E-state index contributed by atoms with van der Waals surface area (Å²) in [5.74, 6) is -0.349. The van der Waals surface area contributed by atoms with Gasteiger partial charge in [0.25, 0.3) is 11.5 Å². The normalized spacial score (nSPS) is 18.0. The topological polar surface area (TPSA) is 52.0 Å². The molecule has 0 amide bonds. The molecule has 0 aromatic carbocycles. The van der Waals surface area contributed by atoms with E-state index < -0.39 is 0 Å². The van der Waals surface area contributed by atoms with E-state index in [1.807, 2.05) is 25.2 Å². The Kier molecular flexibility index (Phi) is 7.06. The Bertz CT molecular complexity index is 1200. The molecule has 0 aliphatic heterocycles. The molecule has 0 spiro atoms. The van der Waals surface area contributed by atoms with Crippen molar-refractivity contribution in [3.8, 4) is 0 Å². The molecule has 0 fully saturated rings. The van der Waals surface area contributed by atoms with E-state index in [9.17, 15) is 9.59 Å². The van der Waals surface area contributed by atoms with Crippen LogP contribution in [0.25, 0.3) is 10.2 Å². The van der Waals surface area contributed by atoms with Crippen LogP contribution >= 0.6 is 11.5 Å². The molecule has 1 aliphatic carbocycles. The highest BCUT2D eigenvalue weighted by Crippen LogP contribution is 2.40. The number of aromatic nitrogens is 2. The molecule has 0 atom stereocenters. The number of carbonyl (C=O) groups is 1. The first-order valence-electron chi connectivity index (χ1n) is 10.6. The van der Waals surface area contributed by atoms with Gasteiger partial charge in [-0.2, -0.15) is 3.96 Å². The Labute approximate surface area is 188 Å². The van der Waals surface area contributed by atoms with Gasteiger partial charge in [0.05, 0.1) is 5.39 Å². The highest BCUT2D eigenvalue weighted by atomic mass is 32.1. The number of fused-ring (bicyclic) bond motifs is 1. The number of nitrogens with zero attached hydrogens (tertiary/aromatic N) is 2. The molecular weight excluding hydrogens is 404 g/mol. The lowest BCUT2D eigenvalue weighted by molar-refractivity contribution is 0.0977. The standard InChI is InChI=1S/C26H30N2O2S/c1-18(13-14-22-20(3)11-7-15-26(22,4)5)9-6-10-19(2)17-23(29)28-25(30)21-12-8-16-27-24(21)31-28/h6,8-10,12-14,16-17H,7,11,15H2,1-5H3/b10-6+,14-13+,18-9+,19-17+. The fraction of sp³-hybridized carbons (Fsp3) is 0.346. The minimum atomic E-state index is -0.349. The molecule has 0 radical (unpaired) electrons. The Morgan fingerprint density at radius 3 is 2.71 bits per heavy atom. The van der Waals surface area contributed by atoms with Crippen molar-refractivity contribution in [3.63, 3.8) is 0 Å². The highest BCUT2D eigenvalue weighted by Gasteiger charge is 2.26. The van der Waals surface area contributed by atoms with E-state index in [1.54, 1.807) is 18.3 Å². The van der Waals surface area contributed by atoms with Gasteiger partial charge >= 0.3 is 0 Å². The molecule has 3 rings (SSSR count). The van der Waals surface area contributed by atoms with E-state index >= 15 is 0 Å². The van der Waals surface area contributed by atoms with Crippen LogP contribution in [0.3, 0.4) is 0 Å². The minimum Gasteiger partial charge on any atom is -0.268 e.